The number of hydrogen-bond acceptors (Lipinski definition) is 2. The third-order valence-corrected chi connectivity index (χ3v) is 10.9. The number of benzene rings is 8. The Labute approximate surface area is 297 Å². The molecule has 0 amide bonds. The van der Waals surface area contributed by atoms with E-state index in [1.54, 1.807) is 0 Å². The first kappa shape index (κ1) is 29.5. The van der Waals surface area contributed by atoms with Gasteiger partial charge in [0, 0.05) is 22.1 Å². The standard InChI is InChI=1S/C49H34N2/c1-49(2)42-24-11-10-22-39(42)47-40(23-13-25-43(47)49)45-30-44(50-48(51-45)32-15-4-3-5-16-32)34-18-12-19-35(28-34)46-37-21-9-7-17-33(37)29-41-36-20-8-6-14-31(36)26-27-38(41)46/h3-30H,1-2H3. The largest absolute Gasteiger partial charge is 0.228 e. The molecule has 1 aliphatic carbocycles. The fourth-order valence-corrected chi connectivity index (χ4v) is 8.38. The minimum Gasteiger partial charge on any atom is -0.228 e. The monoisotopic (exact) mass is 650 g/mol. The van der Waals surface area contributed by atoms with Gasteiger partial charge in [-0.1, -0.05) is 166 Å². The summed E-state index contributed by atoms with van der Waals surface area (Å²) >= 11 is 0. The van der Waals surface area contributed by atoms with Crippen molar-refractivity contribution < 1.29 is 0 Å². The minimum atomic E-state index is -0.0963. The molecule has 240 valence electrons. The highest BCUT2D eigenvalue weighted by molar-refractivity contribution is 6.20. The van der Waals surface area contributed by atoms with Gasteiger partial charge in [0.25, 0.3) is 0 Å². The van der Waals surface area contributed by atoms with E-state index in [1.165, 1.54) is 65.7 Å². The summed E-state index contributed by atoms with van der Waals surface area (Å²) in [4.78, 5) is 10.5. The topological polar surface area (TPSA) is 25.8 Å². The minimum absolute atomic E-state index is 0.0963. The van der Waals surface area contributed by atoms with Crippen molar-refractivity contribution in [2.45, 2.75) is 19.3 Å². The SMILES string of the molecule is CC1(C)c2ccccc2-c2c(-c3cc(-c4cccc(-c5c6ccccc6cc6c5ccc5ccccc56)c4)nc(-c4ccccc4)n3)cccc21. The predicted octanol–water partition coefficient (Wildman–Crippen LogP) is 12.9. The highest BCUT2D eigenvalue weighted by atomic mass is 14.9. The van der Waals surface area contributed by atoms with Crippen molar-refractivity contribution in [2.24, 2.45) is 0 Å². The van der Waals surface area contributed by atoms with E-state index in [0.717, 1.165) is 33.9 Å². The van der Waals surface area contributed by atoms with Gasteiger partial charge >= 0.3 is 0 Å². The van der Waals surface area contributed by atoms with Crippen LogP contribution >= 0.6 is 0 Å². The smallest absolute Gasteiger partial charge is 0.160 e. The van der Waals surface area contributed by atoms with Crippen LogP contribution in [0.25, 0.3) is 88.5 Å². The Morgan fingerprint density at radius 3 is 1.90 bits per heavy atom. The van der Waals surface area contributed by atoms with E-state index >= 15 is 0 Å². The van der Waals surface area contributed by atoms with Crippen molar-refractivity contribution in [1.82, 2.24) is 9.97 Å². The highest BCUT2D eigenvalue weighted by Gasteiger charge is 2.36. The number of fused-ring (bicyclic) bond motifs is 7. The molecule has 0 aliphatic heterocycles. The fourth-order valence-electron chi connectivity index (χ4n) is 8.38. The fraction of sp³-hybridized carbons (Fsp3) is 0.0612. The van der Waals surface area contributed by atoms with Crippen LogP contribution in [0.5, 0.6) is 0 Å². The first-order valence-electron chi connectivity index (χ1n) is 17.7. The molecule has 0 saturated carbocycles. The summed E-state index contributed by atoms with van der Waals surface area (Å²) in [6.07, 6.45) is 0. The normalized spacial score (nSPS) is 13.1. The Balaban J connectivity index is 1.21. The van der Waals surface area contributed by atoms with Crippen LogP contribution in [0.1, 0.15) is 25.0 Å². The van der Waals surface area contributed by atoms with Crippen molar-refractivity contribution in [3.8, 4) is 56.2 Å². The van der Waals surface area contributed by atoms with E-state index in [9.17, 15) is 0 Å². The summed E-state index contributed by atoms with van der Waals surface area (Å²) in [6, 6.07) is 61.3. The van der Waals surface area contributed by atoms with Crippen molar-refractivity contribution in [3.05, 3.63) is 181 Å². The third-order valence-electron chi connectivity index (χ3n) is 10.9. The molecule has 0 saturated heterocycles. The Bertz CT molecular complexity index is 2830. The molecule has 8 aromatic carbocycles. The number of rotatable bonds is 4. The van der Waals surface area contributed by atoms with Gasteiger partial charge in [0.15, 0.2) is 5.82 Å². The van der Waals surface area contributed by atoms with Crippen LogP contribution in [-0.2, 0) is 5.41 Å². The summed E-state index contributed by atoms with van der Waals surface area (Å²) in [6.45, 7) is 4.65. The number of aromatic nitrogens is 2. The molecule has 0 spiro atoms. The number of hydrogen-bond donors (Lipinski definition) is 0. The first-order chi connectivity index (χ1) is 25.0. The van der Waals surface area contributed by atoms with E-state index in [2.05, 4.69) is 178 Å². The third kappa shape index (κ3) is 4.64. The zero-order valence-electron chi connectivity index (χ0n) is 28.6. The van der Waals surface area contributed by atoms with Gasteiger partial charge in [-0.3, -0.25) is 0 Å². The Morgan fingerprint density at radius 2 is 1.02 bits per heavy atom. The van der Waals surface area contributed by atoms with E-state index in [4.69, 9.17) is 9.97 Å². The molecule has 0 atom stereocenters. The molecule has 0 fully saturated rings. The van der Waals surface area contributed by atoms with Crippen LogP contribution < -0.4 is 0 Å². The summed E-state index contributed by atoms with van der Waals surface area (Å²) in [5, 5.41) is 7.51. The van der Waals surface area contributed by atoms with Crippen LogP contribution in [0, 0.1) is 0 Å². The van der Waals surface area contributed by atoms with Crippen LogP contribution in [0.2, 0.25) is 0 Å². The maximum absolute atomic E-state index is 5.28. The Morgan fingerprint density at radius 1 is 0.373 bits per heavy atom. The average Bonchev–Trinajstić information content (AvgIpc) is 3.43. The van der Waals surface area contributed by atoms with E-state index in [-0.39, 0.29) is 5.41 Å². The molecular weight excluding hydrogens is 617 g/mol. The van der Waals surface area contributed by atoms with Gasteiger partial charge in [-0.15, -0.1) is 0 Å². The molecule has 0 bridgehead atoms. The quantitative estimate of drug-likeness (QED) is 0.140. The van der Waals surface area contributed by atoms with Crippen molar-refractivity contribution in [3.63, 3.8) is 0 Å². The van der Waals surface area contributed by atoms with Gasteiger partial charge in [0.2, 0.25) is 0 Å². The second kappa shape index (κ2) is 11.3. The molecular formula is C49H34N2. The molecule has 10 rings (SSSR count). The van der Waals surface area contributed by atoms with Crippen molar-refractivity contribution in [2.75, 3.05) is 0 Å². The van der Waals surface area contributed by atoms with Gasteiger partial charge < -0.3 is 0 Å². The molecule has 0 N–H and O–H groups in total. The summed E-state index contributed by atoms with van der Waals surface area (Å²) in [5.74, 6) is 0.721. The predicted molar refractivity (Wildman–Crippen MR) is 214 cm³/mol. The molecule has 0 radical (unpaired) electrons. The van der Waals surface area contributed by atoms with Crippen LogP contribution in [0.4, 0.5) is 0 Å². The molecule has 2 heteroatoms. The van der Waals surface area contributed by atoms with Crippen LogP contribution in [0.15, 0.2) is 170 Å². The summed E-state index contributed by atoms with van der Waals surface area (Å²) in [7, 11) is 0. The Hall–Kier alpha value is -6.38. The lowest BCUT2D eigenvalue weighted by Crippen LogP contribution is -2.14. The lowest BCUT2D eigenvalue weighted by Gasteiger charge is -2.21. The second-order valence-corrected chi connectivity index (χ2v) is 14.2. The van der Waals surface area contributed by atoms with Gasteiger partial charge in [-0.05, 0) is 83.9 Å². The first-order valence-corrected chi connectivity index (χ1v) is 17.7. The molecule has 2 nitrogen and oxygen atoms in total. The molecule has 51 heavy (non-hydrogen) atoms. The summed E-state index contributed by atoms with van der Waals surface area (Å²) in [5.41, 5.74) is 12.6. The van der Waals surface area contributed by atoms with Gasteiger partial charge in [0.05, 0.1) is 11.4 Å². The zero-order valence-corrected chi connectivity index (χ0v) is 28.6. The second-order valence-electron chi connectivity index (χ2n) is 14.2. The van der Waals surface area contributed by atoms with Crippen LogP contribution in [-0.4, -0.2) is 9.97 Å². The molecule has 1 aliphatic rings. The summed E-state index contributed by atoms with van der Waals surface area (Å²) < 4.78 is 0. The number of nitrogens with zero attached hydrogens (tertiary/aromatic N) is 2. The van der Waals surface area contributed by atoms with E-state index in [1.807, 2.05) is 6.07 Å². The van der Waals surface area contributed by atoms with E-state index in [0.29, 0.717) is 0 Å². The van der Waals surface area contributed by atoms with Crippen LogP contribution in [0.3, 0.4) is 0 Å². The lowest BCUT2D eigenvalue weighted by molar-refractivity contribution is 0.660. The molecule has 0 unspecified atom stereocenters. The highest BCUT2D eigenvalue weighted by Crippen LogP contribution is 2.52. The van der Waals surface area contributed by atoms with Crippen molar-refractivity contribution >= 4 is 32.3 Å². The molecule has 1 aromatic heterocycles. The van der Waals surface area contributed by atoms with Crippen molar-refractivity contribution in [1.29, 1.82) is 0 Å². The van der Waals surface area contributed by atoms with Gasteiger partial charge in [0.1, 0.15) is 0 Å². The molecule has 9 aromatic rings. The van der Waals surface area contributed by atoms with E-state index < -0.39 is 0 Å². The average molecular weight is 651 g/mol. The lowest BCUT2D eigenvalue weighted by atomic mass is 9.82. The zero-order chi connectivity index (χ0) is 34.1. The Kier molecular flexibility index (Phi) is 6.56. The maximum atomic E-state index is 5.28. The van der Waals surface area contributed by atoms with Gasteiger partial charge in [-0.25, -0.2) is 9.97 Å². The maximum Gasteiger partial charge on any atom is 0.160 e. The van der Waals surface area contributed by atoms with Gasteiger partial charge in [-0.2, -0.15) is 0 Å². The molecule has 1 heterocycles.